The lowest BCUT2D eigenvalue weighted by molar-refractivity contribution is -0.146. The molecule has 1 amide bonds. The highest BCUT2D eigenvalue weighted by molar-refractivity contribution is 7.15. The average molecular weight is 464 g/mol. The van der Waals surface area contributed by atoms with Crippen molar-refractivity contribution in [2.45, 2.75) is 26.7 Å². The highest BCUT2D eigenvalue weighted by Crippen LogP contribution is 2.41. The van der Waals surface area contributed by atoms with Gasteiger partial charge in [-0.2, -0.15) is 0 Å². The number of hydrogen-bond acceptors (Lipinski definition) is 5. The summed E-state index contributed by atoms with van der Waals surface area (Å²) in [7, 11) is 1.30. The van der Waals surface area contributed by atoms with Gasteiger partial charge in [0, 0.05) is 10.9 Å². The zero-order valence-corrected chi connectivity index (χ0v) is 19.5. The fourth-order valence-corrected chi connectivity index (χ4v) is 5.40. The average Bonchev–Trinajstić information content (AvgIpc) is 3.22. The normalized spacial score (nSPS) is 18.3. The first-order chi connectivity index (χ1) is 15.8. The first-order valence-electron chi connectivity index (χ1n) is 10.7. The van der Waals surface area contributed by atoms with E-state index >= 15 is 0 Å². The van der Waals surface area contributed by atoms with Gasteiger partial charge in [-0.15, -0.1) is 11.3 Å². The number of aliphatic carboxylic acids is 1. The summed E-state index contributed by atoms with van der Waals surface area (Å²) in [5.74, 6) is -3.45. The Balaban J connectivity index is 1.74. The molecular weight excluding hydrogens is 438 g/mol. The number of allylic oxidation sites excluding steroid dienone is 2. The van der Waals surface area contributed by atoms with Crippen LogP contribution < -0.4 is 5.32 Å². The minimum Gasteiger partial charge on any atom is -0.481 e. The van der Waals surface area contributed by atoms with Crippen molar-refractivity contribution in [3.8, 4) is 11.1 Å². The van der Waals surface area contributed by atoms with Crippen LogP contribution in [0, 0.1) is 11.8 Å². The molecule has 0 fully saturated rings. The lowest BCUT2D eigenvalue weighted by atomic mass is 9.76. The van der Waals surface area contributed by atoms with Gasteiger partial charge in [-0.1, -0.05) is 53.6 Å². The fraction of sp³-hybridized carbons (Fsp3) is 0.269. The van der Waals surface area contributed by atoms with Crippen molar-refractivity contribution >= 4 is 45.0 Å². The van der Waals surface area contributed by atoms with Gasteiger partial charge in [-0.3, -0.25) is 9.59 Å². The lowest BCUT2D eigenvalue weighted by Gasteiger charge is -2.29. The number of anilines is 1. The summed E-state index contributed by atoms with van der Waals surface area (Å²) in [6, 6.07) is 13.7. The number of carboxylic acids is 1. The number of ether oxygens (including phenoxy) is 1. The molecule has 1 aliphatic carbocycles. The van der Waals surface area contributed by atoms with Gasteiger partial charge in [0.2, 0.25) is 5.91 Å². The Kier molecular flexibility index (Phi) is 6.33. The maximum atomic E-state index is 13.2. The zero-order chi connectivity index (χ0) is 23.7. The molecule has 2 N–H and O–H groups in total. The van der Waals surface area contributed by atoms with Crippen molar-refractivity contribution in [2.75, 3.05) is 12.4 Å². The van der Waals surface area contributed by atoms with Crippen LogP contribution in [0.2, 0.25) is 0 Å². The van der Waals surface area contributed by atoms with Crippen molar-refractivity contribution in [3.05, 3.63) is 64.6 Å². The Hall–Kier alpha value is -3.45. The second-order valence-electron chi connectivity index (χ2n) is 8.38. The van der Waals surface area contributed by atoms with Crippen molar-refractivity contribution in [1.82, 2.24) is 0 Å². The van der Waals surface area contributed by atoms with E-state index in [1.807, 2.05) is 61.7 Å². The molecule has 170 valence electrons. The predicted octanol–water partition coefficient (Wildman–Crippen LogP) is 5.74. The Bertz CT molecular complexity index is 1280. The summed E-state index contributed by atoms with van der Waals surface area (Å²) in [4.78, 5) is 37.8. The smallest absolute Gasteiger partial charge is 0.341 e. The molecular formula is C26H25NO5S. The SMILES string of the molecule is COC(=O)c1c(-c2cccc3ccccc23)csc1NC(=O)C1CC(C)=C(C)CC1C(=O)O. The quantitative estimate of drug-likeness (QED) is 0.372. The molecule has 2 atom stereocenters. The van der Waals surface area contributed by atoms with E-state index < -0.39 is 29.7 Å². The van der Waals surface area contributed by atoms with Crippen molar-refractivity contribution in [2.24, 2.45) is 11.8 Å². The predicted molar refractivity (Wildman–Crippen MR) is 129 cm³/mol. The molecule has 33 heavy (non-hydrogen) atoms. The van der Waals surface area contributed by atoms with Gasteiger partial charge in [-0.25, -0.2) is 4.79 Å². The van der Waals surface area contributed by atoms with Gasteiger partial charge in [0.15, 0.2) is 0 Å². The lowest BCUT2D eigenvalue weighted by Crippen LogP contribution is -2.36. The molecule has 0 aliphatic heterocycles. The number of carbonyl (C=O) groups excluding carboxylic acids is 2. The number of thiophene rings is 1. The van der Waals surface area contributed by atoms with Crippen molar-refractivity contribution in [3.63, 3.8) is 0 Å². The molecule has 0 saturated carbocycles. The van der Waals surface area contributed by atoms with E-state index in [1.54, 1.807) is 0 Å². The van der Waals surface area contributed by atoms with E-state index in [4.69, 9.17) is 4.74 Å². The number of carboxylic acid groups (broad SMARTS) is 1. The van der Waals surface area contributed by atoms with Gasteiger partial charge in [0.1, 0.15) is 10.6 Å². The molecule has 4 rings (SSSR count). The number of fused-ring (bicyclic) bond motifs is 1. The molecule has 0 saturated heterocycles. The summed E-state index contributed by atoms with van der Waals surface area (Å²) in [6.07, 6.45) is 0.721. The second kappa shape index (κ2) is 9.19. The van der Waals surface area contributed by atoms with E-state index in [2.05, 4.69) is 5.32 Å². The van der Waals surface area contributed by atoms with Crippen LogP contribution in [-0.2, 0) is 14.3 Å². The van der Waals surface area contributed by atoms with Gasteiger partial charge in [-0.05, 0) is 43.0 Å². The Morgan fingerprint density at radius 2 is 1.64 bits per heavy atom. The molecule has 0 radical (unpaired) electrons. The zero-order valence-electron chi connectivity index (χ0n) is 18.7. The number of hydrogen-bond donors (Lipinski definition) is 2. The third kappa shape index (κ3) is 4.28. The van der Waals surface area contributed by atoms with Crippen LogP contribution in [0.4, 0.5) is 5.00 Å². The third-order valence-electron chi connectivity index (χ3n) is 6.42. The molecule has 6 nitrogen and oxygen atoms in total. The van der Waals surface area contributed by atoms with Crippen molar-refractivity contribution in [1.29, 1.82) is 0 Å². The topological polar surface area (TPSA) is 92.7 Å². The third-order valence-corrected chi connectivity index (χ3v) is 7.31. The first kappa shape index (κ1) is 22.7. The number of esters is 1. The highest BCUT2D eigenvalue weighted by Gasteiger charge is 2.38. The van der Waals surface area contributed by atoms with Crippen LogP contribution in [0.25, 0.3) is 21.9 Å². The van der Waals surface area contributed by atoms with Gasteiger partial charge >= 0.3 is 11.9 Å². The van der Waals surface area contributed by atoms with Crippen LogP contribution in [0.1, 0.15) is 37.0 Å². The maximum absolute atomic E-state index is 13.2. The van der Waals surface area contributed by atoms with Crippen LogP contribution in [-0.4, -0.2) is 30.1 Å². The van der Waals surface area contributed by atoms with E-state index in [0.29, 0.717) is 23.4 Å². The van der Waals surface area contributed by atoms with E-state index in [-0.39, 0.29) is 5.56 Å². The number of carbonyl (C=O) groups is 3. The summed E-state index contributed by atoms with van der Waals surface area (Å²) in [5, 5.41) is 16.7. The minimum atomic E-state index is -0.988. The number of amides is 1. The van der Waals surface area contributed by atoms with Gasteiger partial charge < -0.3 is 15.2 Å². The van der Waals surface area contributed by atoms with Crippen LogP contribution >= 0.6 is 11.3 Å². The van der Waals surface area contributed by atoms with Gasteiger partial charge in [0.05, 0.1) is 18.9 Å². The molecule has 0 spiro atoms. The largest absolute Gasteiger partial charge is 0.481 e. The summed E-state index contributed by atoms with van der Waals surface area (Å²) < 4.78 is 5.04. The summed E-state index contributed by atoms with van der Waals surface area (Å²) in [5.41, 5.74) is 3.85. The minimum absolute atomic E-state index is 0.276. The van der Waals surface area contributed by atoms with Crippen LogP contribution in [0.5, 0.6) is 0 Å². The maximum Gasteiger partial charge on any atom is 0.341 e. The molecule has 7 heteroatoms. The molecule has 1 heterocycles. The van der Waals surface area contributed by atoms with Gasteiger partial charge in [0.25, 0.3) is 0 Å². The summed E-state index contributed by atoms with van der Waals surface area (Å²) in [6.45, 7) is 3.84. The summed E-state index contributed by atoms with van der Waals surface area (Å²) >= 11 is 1.23. The van der Waals surface area contributed by atoms with Crippen molar-refractivity contribution < 1.29 is 24.2 Å². The highest BCUT2D eigenvalue weighted by atomic mass is 32.1. The first-order valence-corrected chi connectivity index (χ1v) is 11.6. The van der Waals surface area contributed by atoms with E-state index in [1.165, 1.54) is 18.4 Å². The molecule has 0 bridgehead atoms. The number of benzene rings is 2. The Labute approximate surface area is 195 Å². The Morgan fingerprint density at radius 3 is 2.33 bits per heavy atom. The Morgan fingerprint density at radius 1 is 0.970 bits per heavy atom. The number of rotatable bonds is 5. The molecule has 3 aromatic rings. The second-order valence-corrected chi connectivity index (χ2v) is 9.26. The van der Waals surface area contributed by atoms with E-state index in [9.17, 15) is 19.5 Å². The van der Waals surface area contributed by atoms with Crippen LogP contribution in [0.3, 0.4) is 0 Å². The number of methoxy groups -OCH3 is 1. The monoisotopic (exact) mass is 463 g/mol. The fourth-order valence-electron chi connectivity index (χ4n) is 4.45. The van der Waals surface area contributed by atoms with Crippen LogP contribution in [0.15, 0.2) is 59.0 Å². The van der Waals surface area contributed by atoms with E-state index in [0.717, 1.165) is 27.5 Å². The molecule has 2 aromatic carbocycles. The number of nitrogens with one attached hydrogen (secondary N) is 1. The molecule has 1 aliphatic rings. The standard InChI is InChI=1S/C26H25NO5S/c1-14-11-19(20(25(29)30)12-15(14)2)23(28)27-24-22(26(31)32-3)21(13-33-24)18-10-6-8-16-7-4-5-9-17(16)18/h4-10,13,19-20H,11-12H2,1-3H3,(H,27,28)(H,29,30). The molecule has 1 aromatic heterocycles. The molecule has 2 unspecified atom stereocenters.